The summed E-state index contributed by atoms with van der Waals surface area (Å²) in [5.41, 5.74) is 0.854. The fourth-order valence-electron chi connectivity index (χ4n) is 2.70. The van der Waals surface area contributed by atoms with E-state index in [0.29, 0.717) is 43.2 Å². The SMILES string of the molecule is N#Cc1ccnc(N2CCN(C(=O)Nc3cccc([N+](=O)[O-])c3)CC2)c1. The van der Waals surface area contributed by atoms with Crippen LogP contribution in [0.3, 0.4) is 0 Å². The highest BCUT2D eigenvalue weighted by atomic mass is 16.6. The van der Waals surface area contributed by atoms with E-state index in [2.05, 4.69) is 16.4 Å². The molecule has 2 heterocycles. The van der Waals surface area contributed by atoms with E-state index in [1.165, 1.54) is 18.2 Å². The number of nitro benzene ring substituents is 1. The van der Waals surface area contributed by atoms with Crippen LogP contribution in [0.5, 0.6) is 0 Å². The number of non-ortho nitro benzene ring substituents is 1. The molecule has 2 aromatic rings. The molecule has 132 valence electrons. The Morgan fingerprint density at radius 3 is 2.69 bits per heavy atom. The molecule has 26 heavy (non-hydrogen) atoms. The molecule has 9 nitrogen and oxygen atoms in total. The molecule has 1 fully saturated rings. The van der Waals surface area contributed by atoms with Crippen molar-refractivity contribution in [3.05, 3.63) is 58.3 Å². The van der Waals surface area contributed by atoms with Gasteiger partial charge in [-0.2, -0.15) is 5.26 Å². The van der Waals surface area contributed by atoms with Gasteiger partial charge in [0.1, 0.15) is 5.82 Å². The van der Waals surface area contributed by atoms with Gasteiger partial charge in [0.25, 0.3) is 5.69 Å². The smallest absolute Gasteiger partial charge is 0.321 e. The van der Waals surface area contributed by atoms with Gasteiger partial charge in [-0.15, -0.1) is 0 Å². The summed E-state index contributed by atoms with van der Waals surface area (Å²) in [5.74, 6) is 0.711. The highest BCUT2D eigenvalue weighted by Gasteiger charge is 2.22. The number of nitriles is 1. The number of hydrogen-bond acceptors (Lipinski definition) is 6. The minimum absolute atomic E-state index is 0.0731. The first-order chi connectivity index (χ1) is 12.6. The predicted octanol–water partition coefficient (Wildman–Crippen LogP) is 2.22. The summed E-state index contributed by atoms with van der Waals surface area (Å²) in [4.78, 5) is 30.6. The number of amides is 2. The van der Waals surface area contributed by atoms with Gasteiger partial charge in [-0.1, -0.05) is 6.07 Å². The Morgan fingerprint density at radius 1 is 1.23 bits per heavy atom. The number of benzene rings is 1. The summed E-state index contributed by atoms with van der Waals surface area (Å²) in [6.07, 6.45) is 1.59. The second kappa shape index (κ2) is 7.48. The first kappa shape index (κ1) is 17.2. The molecule has 1 saturated heterocycles. The van der Waals surface area contributed by atoms with Crippen molar-refractivity contribution in [3.63, 3.8) is 0 Å². The molecule has 3 rings (SSSR count). The van der Waals surface area contributed by atoms with Crippen molar-refractivity contribution in [2.75, 3.05) is 36.4 Å². The molecule has 0 unspecified atom stereocenters. The quantitative estimate of drug-likeness (QED) is 0.669. The van der Waals surface area contributed by atoms with Crippen molar-refractivity contribution < 1.29 is 9.72 Å². The summed E-state index contributed by atoms with van der Waals surface area (Å²) < 4.78 is 0. The normalized spacial score (nSPS) is 13.8. The number of urea groups is 1. The van der Waals surface area contributed by atoms with E-state index in [-0.39, 0.29) is 11.7 Å². The predicted molar refractivity (Wildman–Crippen MR) is 94.9 cm³/mol. The third-order valence-electron chi connectivity index (χ3n) is 4.07. The summed E-state index contributed by atoms with van der Waals surface area (Å²) in [5, 5.41) is 22.5. The summed E-state index contributed by atoms with van der Waals surface area (Å²) in [6.45, 7) is 2.15. The Morgan fingerprint density at radius 2 is 2.00 bits per heavy atom. The maximum atomic E-state index is 12.4. The zero-order chi connectivity index (χ0) is 18.5. The van der Waals surface area contributed by atoms with Crippen LogP contribution in [0.4, 0.5) is 22.0 Å². The Kier molecular flexibility index (Phi) is 4.94. The lowest BCUT2D eigenvalue weighted by Gasteiger charge is -2.35. The van der Waals surface area contributed by atoms with E-state index in [1.807, 2.05) is 4.90 Å². The standard InChI is InChI=1S/C17H16N6O3/c18-12-13-4-5-19-16(10-13)21-6-8-22(9-7-21)17(24)20-14-2-1-3-15(11-14)23(25)26/h1-5,10-11H,6-9H2,(H,20,24). The van der Waals surface area contributed by atoms with Gasteiger partial charge in [-0.05, 0) is 18.2 Å². The van der Waals surface area contributed by atoms with Gasteiger partial charge >= 0.3 is 6.03 Å². The summed E-state index contributed by atoms with van der Waals surface area (Å²) in [7, 11) is 0. The number of nitrogens with zero attached hydrogens (tertiary/aromatic N) is 5. The Bertz CT molecular complexity index is 871. The Hall–Kier alpha value is -3.67. The third-order valence-corrected chi connectivity index (χ3v) is 4.07. The van der Waals surface area contributed by atoms with Gasteiger partial charge in [-0.3, -0.25) is 10.1 Å². The van der Waals surface area contributed by atoms with Crippen LogP contribution < -0.4 is 10.2 Å². The van der Waals surface area contributed by atoms with Crippen molar-refractivity contribution in [2.24, 2.45) is 0 Å². The number of nitro groups is 1. The Balaban J connectivity index is 1.59. The van der Waals surface area contributed by atoms with E-state index in [1.54, 1.807) is 29.3 Å². The van der Waals surface area contributed by atoms with Gasteiger partial charge in [0, 0.05) is 50.2 Å². The second-order valence-corrected chi connectivity index (χ2v) is 5.73. The molecule has 1 N–H and O–H groups in total. The molecular formula is C17H16N6O3. The lowest BCUT2D eigenvalue weighted by atomic mass is 10.2. The average molecular weight is 352 g/mol. The fraction of sp³-hybridized carbons (Fsp3) is 0.235. The van der Waals surface area contributed by atoms with Crippen LogP contribution in [0.25, 0.3) is 0 Å². The Labute approximate surface area is 149 Å². The van der Waals surface area contributed by atoms with Gasteiger partial charge in [0.2, 0.25) is 0 Å². The zero-order valence-electron chi connectivity index (χ0n) is 13.8. The molecular weight excluding hydrogens is 336 g/mol. The van der Waals surface area contributed by atoms with Crippen molar-refractivity contribution in [3.8, 4) is 6.07 Å². The maximum Gasteiger partial charge on any atom is 0.321 e. The largest absolute Gasteiger partial charge is 0.353 e. The van der Waals surface area contributed by atoms with E-state index >= 15 is 0 Å². The van der Waals surface area contributed by atoms with E-state index in [0.717, 1.165) is 0 Å². The second-order valence-electron chi connectivity index (χ2n) is 5.73. The highest BCUT2D eigenvalue weighted by Crippen LogP contribution is 2.19. The number of rotatable bonds is 3. The van der Waals surface area contributed by atoms with Gasteiger partial charge in [0.05, 0.1) is 16.6 Å². The minimum Gasteiger partial charge on any atom is -0.353 e. The number of hydrogen-bond donors (Lipinski definition) is 1. The molecule has 0 atom stereocenters. The number of aromatic nitrogens is 1. The van der Waals surface area contributed by atoms with Crippen LogP contribution >= 0.6 is 0 Å². The average Bonchev–Trinajstić information content (AvgIpc) is 2.68. The monoisotopic (exact) mass is 352 g/mol. The van der Waals surface area contributed by atoms with Crippen LogP contribution in [0.15, 0.2) is 42.6 Å². The fourth-order valence-corrected chi connectivity index (χ4v) is 2.70. The first-order valence-corrected chi connectivity index (χ1v) is 7.98. The van der Waals surface area contributed by atoms with Crippen LogP contribution in [0.2, 0.25) is 0 Å². The molecule has 0 aliphatic carbocycles. The number of carbonyl (C=O) groups excluding carboxylic acids is 1. The number of pyridine rings is 1. The zero-order valence-corrected chi connectivity index (χ0v) is 13.8. The lowest BCUT2D eigenvalue weighted by Crippen LogP contribution is -2.50. The van der Waals surface area contributed by atoms with Crippen molar-refractivity contribution in [1.29, 1.82) is 5.26 Å². The number of piperazine rings is 1. The molecule has 2 amide bonds. The summed E-state index contributed by atoms with van der Waals surface area (Å²) in [6, 6.07) is 11.0. The molecule has 1 aliphatic heterocycles. The molecule has 0 radical (unpaired) electrons. The van der Waals surface area contributed by atoms with E-state index in [9.17, 15) is 14.9 Å². The highest BCUT2D eigenvalue weighted by molar-refractivity contribution is 5.89. The van der Waals surface area contributed by atoms with Gasteiger partial charge in [-0.25, -0.2) is 9.78 Å². The van der Waals surface area contributed by atoms with Gasteiger partial charge < -0.3 is 15.1 Å². The third kappa shape index (κ3) is 3.87. The first-order valence-electron chi connectivity index (χ1n) is 7.98. The molecule has 0 saturated carbocycles. The molecule has 0 spiro atoms. The van der Waals surface area contributed by atoms with Crippen molar-refractivity contribution >= 4 is 23.2 Å². The van der Waals surface area contributed by atoms with E-state index in [4.69, 9.17) is 5.26 Å². The maximum absolute atomic E-state index is 12.4. The molecule has 0 bridgehead atoms. The number of nitrogens with one attached hydrogen (secondary N) is 1. The molecule has 1 aromatic carbocycles. The van der Waals surface area contributed by atoms with Gasteiger partial charge in [0.15, 0.2) is 0 Å². The van der Waals surface area contributed by atoms with Crippen LogP contribution in [-0.4, -0.2) is 47.0 Å². The van der Waals surface area contributed by atoms with Crippen LogP contribution in [-0.2, 0) is 0 Å². The topological polar surface area (TPSA) is 115 Å². The van der Waals surface area contributed by atoms with E-state index < -0.39 is 4.92 Å². The van der Waals surface area contributed by atoms with Crippen LogP contribution in [0.1, 0.15) is 5.56 Å². The van der Waals surface area contributed by atoms with Crippen molar-refractivity contribution in [1.82, 2.24) is 9.88 Å². The van der Waals surface area contributed by atoms with Crippen LogP contribution in [0, 0.1) is 21.4 Å². The molecule has 1 aromatic heterocycles. The number of carbonyl (C=O) groups is 1. The number of anilines is 2. The molecule has 9 heteroatoms. The summed E-state index contributed by atoms with van der Waals surface area (Å²) >= 11 is 0. The van der Waals surface area contributed by atoms with Crippen molar-refractivity contribution in [2.45, 2.75) is 0 Å². The minimum atomic E-state index is -0.503. The lowest BCUT2D eigenvalue weighted by molar-refractivity contribution is -0.384. The molecule has 1 aliphatic rings.